The van der Waals surface area contributed by atoms with Crippen molar-refractivity contribution in [3.05, 3.63) is 34.4 Å². The van der Waals surface area contributed by atoms with Gasteiger partial charge < -0.3 is 4.74 Å². The van der Waals surface area contributed by atoms with Gasteiger partial charge in [0, 0.05) is 12.1 Å². The van der Waals surface area contributed by atoms with Crippen molar-refractivity contribution in [1.29, 1.82) is 0 Å². The van der Waals surface area contributed by atoms with Gasteiger partial charge in [-0.25, -0.2) is 0 Å². The van der Waals surface area contributed by atoms with Gasteiger partial charge in [-0.2, -0.15) is 17.6 Å². The summed E-state index contributed by atoms with van der Waals surface area (Å²) in [7, 11) is 0. The zero-order chi connectivity index (χ0) is 14.7. The van der Waals surface area contributed by atoms with E-state index in [1.165, 1.54) is 12.1 Å². The van der Waals surface area contributed by atoms with Gasteiger partial charge in [0.2, 0.25) is 0 Å². The van der Waals surface area contributed by atoms with Crippen molar-refractivity contribution >= 4 is 21.6 Å². The average molecular weight is 346 g/mol. The second-order valence-corrected chi connectivity index (χ2v) is 4.55. The van der Waals surface area contributed by atoms with E-state index in [1.54, 1.807) is 15.9 Å². The van der Waals surface area contributed by atoms with Crippen LogP contribution in [0.5, 0.6) is 5.75 Å². The fraction of sp³-hybridized carbons (Fsp3) is 0.400. The first-order valence-corrected chi connectivity index (χ1v) is 5.74. The number of nitro groups is 1. The summed E-state index contributed by atoms with van der Waals surface area (Å²) in [5, 5.41) is 10.3. The molecule has 0 radical (unpaired) electrons. The van der Waals surface area contributed by atoms with Crippen LogP contribution < -0.4 is 4.74 Å². The SMILES string of the molecule is O=[N+]([O-])c1ccc(OCCC(F)(F)C(F)(F)Br)cc1. The van der Waals surface area contributed by atoms with Crippen LogP contribution >= 0.6 is 15.9 Å². The van der Waals surface area contributed by atoms with Gasteiger partial charge in [0.05, 0.1) is 18.0 Å². The molecule has 1 rings (SSSR count). The molecule has 0 aliphatic carbocycles. The lowest BCUT2D eigenvalue weighted by molar-refractivity contribution is -0.384. The summed E-state index contributed by atoms with van der Waals surface area (Å²) in [5.41, 5.74) is -0.190. The first kappa shape index (κ1) is 15.7. The highest BCUT2D eigenvalue weighted by atomic mass is 79.9. The number of benzene rings is 1. The van der Waals surface area contributed by atoms with Crippen LogP contribution in [0.4, 0.5) is 23.2 Å². The van der Waals surface area contributed by atoms with Gasteiger partial charge in [-0.1, -0.05) is 0 Å². The van der Waals surface area contributed by atoms with Crippen LogP contribution in [0.25, 0.3) is 0 Å². The minimum atomic E-state index is -4.31. The van der Waals surface area contributed by atoms with Gasteiger partial charge in [-0.15, -0.1) is 0 Å². The van der Waals surface area contributed by atoms with Crippen molar-refractivity contribution in [3.63, 3.8) is 0 Å². The van der Waals surface area contributed by atoms with Gasteiger partial charge in [0.1, 0.15) is 5.75 Å². The molecule has 0 heterocycles. The summed E-state index contributed by atoms with van der Waals surface area (Å²) in [4.78, 5) is 5.40. The Morgan fingerprint density at radius 2 is 1.74 bits per heavy atom. The van der Waals surface area contributed by atoms with Crippen molar-refractivity contribution in [3.8, 4) is 5.75 Å². The molecule has 0 aliphatic heterocycles. The highest BCUT2D eigenvalue weighted by Crippen LogP contribution is 2.41. The van der Waals surface area contributed by atoms with E-state index in [-0.39, 0.29) is 11.4 Å². The third-order valence-electron chi connectivity index (χ3n) is 2.15. The van der Waals surface area contributed by atoms with Crippen molar-refractivity contribution in [2.24, 2.45) is 0 Å². The predicted molar refractivity (Wildman–Crippen MR) is 62.0 cm³/mol. The van der Waals surface area contributed by atoms with Gasteiger partial charge in [0.15, 0.2) is 0 Å². The van der Waals surface area contributed by atoms with E-state index >= 15 is 0 Å². The van der Waals surface area contributed by atoms with Crippen molar-refractivity contribution < 1.29 is 27.2 Å². The molecule has 1 aromatic rings. The van der Waals surface area contributed by atoms with Crippen LogP contribution in [0.15, 0.2) is 24.3 Å². The lowest BCUT2D eigenvalue weighted by atomic mass is 10.2. The second kappa shape index (κ2) is 5.72. The maximum Gasteiger partial charge on any atom is 0.363 e. The van der Waals surface area contributed by atoms with Crippen LogP contribution in [0, 0.1) is 10.1 Å². The maximum atomic E-state index is 12.8. The van der Waals surface area contributed by atoms with E-state index in [9.17, 15) is 27.7 Å². The molecule has 0 bridgehead atoms. The molecule has 0 saturated heterocycles. The van der Waals surface area contributed by atoms with E-state index in [4.69, 9.17) is 4.74 Å². The smallest absolute Gasteiger partial charge is 0.363 e. The monoisotopic (exact) mass is 345 g/mol. The molecule has 0 fully saturated rings. The number of hydrogen-bond acceptors (Lipinski definition) is 3. The molecule has 0 unspecified atom stereocenters. The third-order valence-corrected chi connectivity index (χ3v) is 2.73. The summed E-state index contributed by atoms with van der Waals surface area (Å²) < 4.78 is 55.3. The molecule has 0 saturated carbocycles. The predicted octanol–water partition coefficient (Wildman–Crippen LogP) is 3.99. The molecule has 0 amide bonds. The normalized spacial score (nSPS) is 12.3. The fourth-order valence-electron chi connectivity index (χ4n) is 1.10. The Kier molecular flexibility index (Phi) is 4.72. The maximum absolute atomic E-state index is 12.8. The minimum Gasteiger partial charge on any atom is -0.493 e. The number of nitro benzene ring substituents is 1. The average Bonchev–Trinajstić information content (AvgIpc) is 2.28. The Morgan fingerprint density at radius 3 is 2.16 bits per heavy atom. The molecule has 9 heteroatoms. The van der Waals surface area contributed by atoms with Crippen LogP contribution in [0.1, 0.15) is 6.42 Å². The van der Waals surface area contributed by atoms with E-state index in [0.29, 0.717) is 0 Å². The van der Waals surface area contributed by atoms with Crippen LogP contribution in [-0.2, 0) is 0 Å². The quantitative estimate of drug-likeness (QED) is 0.339. The van der Waals surface area contributed by atoms with Gasteiger partial charge in [-0.3, -0.25) is 10.1 Å². The van der Waals surface area contributed by atoms with Crippen molar-refractivity contribution in [2.45, 2.75) is 17.2 Å². The number of ether oxygens (including phenoxy) is 1. The Hall–Kier alpha value is -1.38. The van der Waals surface area contributed by atoms with Crippen LogP contribution in [-0.4, -0.2) is 22.3 Å². The first-order valence-electron chi connectivity index (χ1n) is 4.95. The number of hydrogen-bond donors (Lipinski definition) is 0. The third kappa shape index (κ3) is 4.34. The zero-order valence-corrected chi connectivity index (χ0v) is 10.9. The molecular formula is C10H8BrF4NO3. The number of halogens is 5. The molecule has 19 heavy (non-hydrogen) atoms. The zero-order valence-electron chi connectivity index (χ0n) is 9.29. The van der Waals surface area contributed by atoms with Gasteiger partial charge in [0.25, 0.3) is 5.69 Å². The molecular weight excluding hydrogens is 338 g/mol. The molecule has 4 nitrogen and oxygen atoms in total. The summed E-state index contributed by atoms with van der Waals surface area (Å²) in [5.74, 6) is -4.16. The molecule has 1 aromatic carbocycles. The topological polar surface area (TPSA) is 52.4 Å². The number of nitrogens with zero attached hydrogens (tertiary/aromatic N) is 1. The molecule has 106 valence electrons. The Bertz CT molecular complexity index is 447. The summed E-state index contributed by atoms with van der Waals surface area (Å²) in [6.07, 6.45) is -1.19. The van der Waals surface area contributed by atoms with E-state index in [1.807, 2.05) is 0 Å². The van der Waals surface area contributed by atoms with Crippen LogP contribution in [0.2, 0.25) is 0 Å². The highest BCUT2D eigenvalue weighted by molar-refractivity contribution is 9.10. The molecule has 0 N–H and O–H groups in total. The summed E-state index contributed by atoms with van der Waals surface area (Å²) in [6.45, 7) is -0.647. The molecule has 0 atom stereocenters. The standard InChI is InChI=1S/C10H8BrF4NO3/c11-10(14,15)9(12,13)5-6-19-8-3-1-7(2-4-8)16(17)18/h1-4H,5-6H2. The number of non-ortho nitro benzene ring substituents is 1. The van der Waals surface area contributed by atoms with Gasteiger partial charge in [-0.05, 0) is 28.1 Å². The van der Waals surface area contributed by atoms with Crippen molar-refractivity contribution in [1.82, 2.24) is 0 Å². The first-order chi connectivity index (χ1) is 8.63. The lowest BCUT2D eigenvalue weighted by Crippen LogP contribution is -2.36. The summed E-state index contributed by atoms with van der Waals surface area (Å²) >= 11 is 1.60. The van der Waals surface area contributed by atoms with E-state index in [0.717, 1.165) is 12.1 Å². The Morgan fingerprint density at radius 1 is 1.21 bits per heavy atom. The summed E-state index contributed by atoms with van der Waals surface area (Å²) in [6, 6.07) is 4.63. The van der Waals surface area contributed by atoms with E-state index in [2.05, 4.69) is 0 Å². The Balaban J connectivity index is 2.52. The van der Waals surface area contributed by atoms with Crippen molar-refractivity contribution in [2.75, 3.05) is 6.61 Å². The van der Waals surface area contributed by atoms with Gasteiger partial charge >= 0.3 is 10.8 Å². The highest BCUT2D eigenvalue weighted by Gasteiger charge is 2.53. The minimum absolute atomic E-state index is 0.0827. The largest absolute Gasteiger partial charge is 0.493 e. The molecule has 0 aromatic heterocycles. The second-order valence-electron chi connectivity index (χ2n) is 3.55. The number of rotatable bonds is 6. The lowest BCUT2D eigenvalue weighted by Gasteiger charge is -2.21. The Labute approximate surface area is 113 Å². The fourth-order valence-corrected chi connectivity index (χ4v) is 1.30. The molecule has 0 spiro atoms. The van der Waals surface area contributed by atoms with E-state index < -0.39 is 28.7 Å². The number of alkyl halides is 5. The van der Waals surface area contributed by atoms with Crippen LogP contribution in [0.3, 0.4) is 0 Å². The molecule has 0 aliphatic rings.